The lowest BCUT2D eigenvalue weighted by Crippen LogP contribution is -2.25. The fraction of sp³-hybridized carbons (Fsp3) is 0.400. The van der Waals surface area contributed by atoms with Crippen molar-refractivity contribution >= 4 is 13.4 Å². The average Bonchev–Trinajstić information content (AvgIpc) is 2.30. The van der Waals surface area contributed by atoms with Crippen molar-refractivity contribution in [1.82, 2.24) is 5.09 Å². The highest BCUT2D eigenvalue weighted by molar-refractivity contribution is 7.58. The van der Waals surface area contributed by atoms with Gasteiger partial charge in [0.1, 0.15) is 5.75 Å². The second kappa shape index (κ2) is 4.87. The van der Waals surface area contributed by atoms with Crippen LogP contribution in [0.15, 0.2) is 24.3 Å². The Morgan fingerprint density at radius 1 is 1.44 bits per heavy atom. The average molecular weight is 242 g/mol. The molecule has 0 aliphatic carbocycles. The Balaban J connectivity index is 2.04. The van der Waals surface area contributed by atoms with Crippen molar-refractivity contribution in [1.29, 1.82) is 0 Å². The molecule has 1 heterocycles. The second-order valence-electron chi connectivity index (χ2n) is 3.49. The van der Waals surface area contributed by atoms with Crippen molar-refractivity contribution in [3.8, 4) is 5.75 Å². The smallest absolute Gasteiger partial charge is 0.365 e. The van der Waals surface area contributed by atoms with E-state index >= 15 is 0 Å². The predicted octanol–water partition coefficient (Wildman–Crippen LogP) is 2.23. The fourth-order valence-corrected chi connectivity index (χ4v) is 3.01. The van der Waals surface area contributed by atoms with Crippen molar-refractivity contribution < 1.29 is 13.8 Å². The molecule has 1 atom stereocenters. The van der Waals surface area contributed by atoms with Crippen molar-refractivity contribution in [2.75, 3.05) is 25.3 Å². The van der Waals surface area contributed by atoms with Crippen LogP contribution in [-0.4, -0.2) is 20.3 Å². The summed E-state index contributed by atoms with van der Waals surface area (Å²) in [7, 11) is -1.29. The first-order valence-electron chi connectivity index (χ1n) is 5.14. The van der Waals surface area contributed by atoms with Gasteiger partial charge >= 0.3 is 7.67 Å². The van der Waals surface area contributed by atoms with Gasteiger partial charge in [-0.2, -0.15) is 0 Å². The maximum Gasteiger partial charge on any atom is 0.365 e. The van der Waals surface area contributed by atoms with E-state index in [0.29, 0.717) is 13.2 Å². The van der Waals surface area contributed by atoms with E-state index in [4.69, 9.17) is 9.26 Å². The van der Waals surface area contributed by atoms with Crippen LogP contribution in [0.25, 0.3) is 0 Å². The largest absolute Gasteiger partial charge is 0.497 e. The Hall–Kier alpha value is -1.03. The van der Waals surface area contributed by atoms with Crippen molar-refractivity contribution in [3.63, 3.8) is 0 Å². The maximum atomic E-state index is 12.1. The zero-order chi connectivity index (χ0) is 11.4. The Bertz CT molecular complexity index is 384. The summed E-state index contributed by atoms with van der Waals surface area (Å²) in [6, 6.07) is 7.22. The number of ether oxygens (including phenoxy) is 1. The Kier molecular flexibility index (Phi) is 3.49. The molecule has 0 spiro atoms. The molecular formula is C10H15N2O3P. The van der Waals surface area contributed by atoms with Crippen LogP contribution in [0.2, 0.25) is 0 Å². The summed E-state index contributed by atoms with van der Waals surface area (Å²) < 4.78 is 22.3. The molecule has 88 valence electrons. The number of nitrogens with one attached hydrogen (secondary N) is 2. The van der Waals surface area contributed by atoms with Crippen LogP contribution >= 0.6 is 7.67 Å². The maximum absolute atomic E-state index is 12.1. The Morgan fingerprint density at radius 3 is 2.75 bits per heavy atom. The summed E-state index contributed by atoms with van der Waals surface area (Å²) in [5, 5.41) is 5.74. The van der Waals surface area contributed by atoms with Crippen LogP contribution in [0, 0.1) is 0 Å². The third-order valence-electron chi connectivity index (χ3n) is 2.28. The van der Waals surface area contributed by atoms with Crippen molar-refractivity contribution in [2.24, 2.45) is 0 Å². The third-order valence-corrected chi connectivity index (χ3v) is 4.02. The zero-order valence-corrected chi connectivity index (χ0v) is 10.00. The minimum absolute atomic E-state index is 0.521. The highest BCUT2D eigenvalue weighted by atomic mass is 31.2. The van der Waals surface area contributed by atoms with Gasteiger partial charge in [-0.15, -0.1) is 0 Å². The van der Waals surface area contributed by atoms with Gasteiger partial charge in [-0.3, -0.25) is 0 Å². The summed E-state index contributed by atoms with van der Waals surface area (Å²) in [6.45, 7) is 1.23. The fourth-order valence-electron chi connectivity index (χ4n) is 1.44. The first-order chi connectivity index (χ1) is 7.72. The molecule has 1 aromatic carbocycles. The molecule has 2 N–H and O–H groups in total. The molecule has 1 unspecified atom stereocenters. The standard InChI is InChI=1S/C10H15N2O3P/c1-14-10-5-3-9(4-6-10)12-16(13)11-7-2-8-15-16/h3-6H,2,7-8H2,1H3,(H2,11,12,13). The van der Waals surface area contributed by atoms with Crippen LogP contribution in [0.3, 0.4) is 0 Å². The summed E-state index contributed by atoms with van der Waals surface area (Å²) in [4.78, 5) is 0. The van der Waals surface area contributed by atoms with Crippen molar-refractivity contribution in [2.45, 2.75) is 6.42 Å². The van der Waals surface area contributed by atoms with Gasteiger partial charge in [0.05, 0.1) is 13.7 Å². The number of hydrogen-bond acceptors (Lipinski definition) is 3. The number of rotatable bonds is 3. The van der Waals surface area contributed by atoms with Gasteiger partial charge in [0.25, 0.3) is 0 Å². The van der Waals surface area contributed by atoms with E-state index in [1.165, 1.54) is 0 Å². The lowest BCUT2D eigenvalue weighted by Gasteiger charge is -2.25. The molecule has 16 heavy (non-hydrogen) atoms. The van der Waals surface area contributed by atoms with Gasteiger partial charge in [0, 0.05) is 12.2 Å². The molecular weight excluding hydrogens is 227 g/mol. The summed E-state index contributed by atoms with van der Waals surface area (Å²) in [5.74, 6) is 0.765. The number of anilines is 1. The first kappa shape index (κ1) is 11.5. The zero-order valence-electron chi connectivity index (χ0n) is 9.10. The molecule has 1 aliphatic rings. The van der Waals surface area contributed by atoms with E-state index in [9.17, 15) is 4.57 Å². The van der Waals surface area contributed by atoms with Crippen LogP contribution < -0.4 is 14.9 Å². The SMILES string of the molecule is COc1ccc(NP2(=O)NCCCO2)cc1. The first-order valence-corrected chi connectivity index (χ1v) is 6.76. The summed E-state index contributed by atoms with van der Waals surface area (Å²) in [6.07, 6.45) is 0.883. The van der Waals surface area contributed by atoms with Crippen LogP contribution in [0.4, 0.5) is 5.69 Å². The monoisotopic (exact) mass is 242 g/mol. The quantitative estimate of drug-likeness (QED) is 0.796. The van der Waals surface area contributed by atoms with E-state index in [1.807, 2.05) is 0 Å². The van der Waals surface area contributed by atoms with Gasteiger partial charge in [-0.1, -0.05) is 0 Å². The minimum atomic E-state index is -2.90. The highest BCUT2D eigenvalue weighted by Crippen LogP contribution is 2.44. The molecule has 0 amide bonds. The predicted molar refractivity (Wildman–Crippen MR) is 62.8 cm³/mol. The molecule has 1 aliphatic heterocycles. The highest BCUT2D eigenvalue weighted by Gasteiger charge is 2.25. The van der Waals surface area contributed by atoms with Gasteiger partial charge in [-0.25, -0.2) is 9.65 Å². The van der Waals surface area contributed by atoms with Gasteiger partial charge in [-0.05, 0) is 30.7 Å². The van der Waals surface area contributed by atoms with Crippen LogP contribution in [-0.2, 0) is 9.09 Å². The molecule has 0 aromatic heterocycles. The van der Waals surface area contributed by atoms with Crippen LogP contribution in [0.5, 0.6) is 5.75 Å². The topological polar surface area (TPSA) is 59.6 Å². The molecule has 5 nitrogen and oxygen atoms in total. The number of hydrogen-bond donors (Lipinski definition) is 2. The van der Waals surface area contributed by atoms with Crippen molar-refractivity contribution in [3.05, 3.63) is 24.3 Å². The normalized spacial score (nSPS) is 25.1. The molecule has 0 bridgehead atoms. The molecule has 1 fully saturated rings. The van der Waals surface area contributed by atoms with Gasteiger partial charge in [0.2, 0.25) is 0 Å². The Labute approximate surface area is 94.7 Å². The summed E-state index contributed by atoms with van der Waals surface area (Å²) in [5.41, 5.74) is 0.749. The Morgan fingerprint density at radius 2 is 2.19 bits per heavy atom. The van der Waals surface area contributed by atoms with E-state index in [0.717, 1.165) is 17.9 Å². The van der Waals surface area contributed by atoms with Gasteiger partial charge in [0.15, 0.2) is 0 Å². The molecule has 1 aromatic rings. The number of methoxy groups -OCH3 is 1. The van der Waals surface area contributed by atoms with E-state index in [1.54, 1.807) is 31.4 Å². The van der Waals surface area contributed by atoms with Crippen LogP contribution in [0.1, 0.15) is 6.42 Å². The molecule has 6 heteroatoms. The minimum Gasteiger partial charge on any atom is -0.497 e. The second-order valence-corrected chi connectivity index (χ2v) is 5.39. The van der Waals surface area contributed by atoms with E-state index in [-0.39, 0.29) is 0 Å². The molecule has 2 rings (SSSR count). The lowest BCUT2D eigenvalue weighted by atomic mass is 10.3. The lowest BCUT2D eigenvalue weighted by molar-refractivity contribution is 0.281. The number of benzene rings is 1. The third kappa shape index (κ3) is 2.76. The van der Waals surface area contributed by atoms with Gasteiger partial charge < -0.3 is 14.3 Å². The molecule has 0 saturated carbocycles. The van der Waals surface area contributed by atoms with E-state index in [2.05, 4.69) is 10.2 Å². The molecule has 0 radical (unpaired) electrons. The summed E-state index contributed by atoms with van der Waals surface area (Å²) >= 11 is 0. The molecule has 1 saturated heterocycles. The van der Waals surface area contributed by atoms with E-state index < -0.39 is 7.67 Å².